The summed E-state index contributed by atoms with van der Waals surface area (Å²) < 4.78 is 0. The van der Waals surface area contributed by atoms with Gasteiger partial charge in [0.05, 0.1) is 6.04 Å². The van der Waals surface area contributed by atoms with Crippen molar-refractivity contribution in [1.82, 2.24) is 10.2 Å². The van der Waals surface area contributed by atoms with Crippen LogP contribution in [0.4, 0.5) is 4.79 Å². The maximum Gasteiger partial charge on any atom is 0.317 e. The van der Waals surface area contributed by atoms with E-state index in [9.17, 15) is 4.79 Å². The largest absolute Gasteiger partial charge is 0.333 e. The van der Waals surface area contributed by atoms with Crippen LogP contribution < -0.4 is 11.1 Å². The predicted molar refractivity (Wildman–Crippen MR) is 72.3 cm³/mol. The molecule has 4 nitrogen and oxygen atoms in total. The summed E-state index contributed by atoms with van der Waals surface area (Å²) >= 11 is 0. The maximum atomic E-state index is 11.8. The highest BCUT2D eigenvalue weighted by atomic mass is 16.2. The molecule has 2 rings (SSSR count). The molecule has 1 aromatic carbocycles. The van der Waals surface area contributed by atoms with Crippen molar-refractivity contribution in [3.8, 4) is 0 Å². The number of nitrogens with zero attached hydrogens (tertiary/aromatic N) is 1. The Kier molecular flexibility index (Phi) is 4.59. The lowest BCUT2D eigenvalue weighted by molar-refractivity contribution is 0.216. The van der Waals surface area contributed by atoms with E-state index in [4.69, 9.17) is 5.73 Å². The van der Waals surface area contributed by atoms with E-state index in [1.807, 2.05) is 23.1 Å². The first-order valence-corrected chi connectivity index (χ1v) is 6.59. The smallest absolute Gasteiger partial charge is 0.317 e. The SMILES string of the molecule is NCCCCN1CC(Cc2ccccc2)NC1=O. The number of hydrogen-bond donors (Lipinski definition) is 2. The molecule has 0 aromatic heterocycles. The number of nitrogens with two attached hydrogens (primary N) is 1. The van der Waals surface area contributed by atoms with Crippen molar-refractivity contribution in [2.75, 3.05) is 19.6 Å². The first-order valence-electron chi connectivity index (χ1n) is 6.59. The lowest BCUT2D eigenvalue weighted by Crippen LogP contribution is -2.30. The molecule has 18 heavy (non-hydrogen) atoms. The zero-order valence-corrected chi connectivity index (χ0v) is 10.6. The van der Waals surface area contributed by atoms with E-state index < -0.39 is 0 Å². The van der Waals surface area contributed by atoms with Gasteiger partial charge in [-0.05, 0) is 31.4 Å². The monoisotopic (exact) mass is 247 g/mol. The molecule has 1 aliphatic heterocycles. The van der Waals surface area contributed by atoms with E-state index in [1.165, 1.54) is 5.56 Å². The molecule has 3 N–H and O–H groups in total. The average Bonchev–Trinajstić information content (AvgIpc) is 2.71. The van der Waals surface area contributed by atoms with E-state index >= 15 is 0 Å². The number of amides is 2. The van der Waals surface area contributed by atoms with Crippen LogP contribution in [-0.2, 0) is 6.42 Å². The Labute approximate surface area is 108 Å². The number of unbranched alkanes of at least 4 members (excludes halogenated alkanes) is 1. The Morgan fingerprint density at radius 2 is 2.06 bits per heavy atom. The van der Waals surface area contributed by atoms with Gasteiger partial charge in [-0.3, -0.25) is 0 Å². The number of urea groups is 1. The van der Waals surface area contributed by atoms with Gasteiger partial charge in [0.2, 0.25) is 0 Å². The number of benzene rings is 1. The number of rotatable bonds is 6. The Bertz CT molecular complexity index is 380. The third-order valence-corrected chi connectivity index (χ3v) is 3.26. The molecule has 1 heterocycles. The molecule has 1 saturated heterocycles. The second kappa shape index (κ2) is 6.40. The second-order valence-electron chi connectivity index (χ2n) is 4.78. The summed E-state index contributed by atoms with van der Waals surface area (Å²) in [5.41, 5.74) is 6.73. The summed E-state index contributed by atoms with van der Waals surface area (Å²) in [5, 5.41) is 3.04. The molecule has 0 saturated carbocycles. The molecule has 1 atom stereocenters. The lowest BCUT2D eigenvalue weighted by atomic mass is 10.1. The Morgan fingerprint density at radius 3 is 2.78 bits per heavy atom. The van der Waals surface area contributed by atoms with Gasteiger partial charge >= 0.3 is 6.03 Å². The minimum Gasteiger partial charge on any atom is -0.333 e. The fourth-order valence-corrected chi connectivity index (χ4v) is 2.31. The minimum absolute atomic E-state index is 0.0629. The molecule has 98 valence electrons. The zero-order valence-electron chi connectivity index (χ0n) is 10.6. The fourth-order valence-electron chi connectivity index (χ4n) is 2.31. The first kappa shape index (κ1) is 12.9. The summed E-state index contributed by atoms with van der Waals surface area (Å²) in [6.07, 6.45) is 2.87. The number of carbonyl (C=O) groups is 1. The number of hydrogen-bond acceptors (Lipinski definition) is 2. The highest BCUT2D eigenvalue weighted by molar-refractivity contribution is 5.76. The van der Waals surface area contributed by atoms with Gasteiger partial charge in [0.25, 0.3) is 0 Å². The Balaban J connectivity index is 1.81. The molecule has 1 aromatic rings. The molecule has 0 radical (unpaired) electrons. The molecule has 1 unspecified atom stereocenters. The highest BCUT2D eigenvalue weighted by Crippen LogP contribution is 2.11. The van der Waals surface area contributed by atoms with Gasteiger partial charge < -0.3 is 16.0 Å². The van der Waals surface area contributed by atoms with Crippen LogP contribution in [0.3, 0.4) is 0 Å². The van der Waals surface area contributed by atoms with Gasteiger partial charge in [-0.2, -0.15) is 0 Å². The van der Waals surface area contributed by atoms with Crippen molar-refractivity contribution in [1.29, 1.82) is 0 Å². The van der Waals surface area contributed by atoms with Crippen molar-refractivity contribution in [2.45, 2.75) is 25.3 Å². The third kappa shape index (κ3) is 3.47. The van der Waals surface area contributed by atoms with E-state index in [-0.39, 0.29) is 12.1 Å². The summed E-state index contributed by atoms with van der Waals surface area (Å²) in [7, 11) is 0. The van der Waals surface area contributed by atoms with Crippen LogP contribution in [0.1, 0.15) is 18.4 Å². The van der Waals surface area contributed by atoms with Crippen LogP contribution in [0.25, 0.3) is 0 Å². The summed E-state index contributed by atoms with van der Waals surface area (Å²) in [5.74, 6) is 0. The molecule has 1 fully saturated rings. The maximum absolute atomic E-state index is 11.8. The van der Waals surface area contributed by atoms with Gasteiger partial charge in [-0.1, -0.05) is 30.3 Å². The van der Waals surface area contributed by atoms with Gasteiger partial charge in [-0.25, -0.2) is 4.79 Å². The predicted octanol–water partition coefficient (Wildman–Crippen LogP) is 1.36. The number of nitrogens with one attached hydrogen (secondary N) is 1. The van der Waals surface area contributed by atoms with Gasteiger partial charge in [0.15, 0.2) is 0 Å². The van der Waals surface area contributed by atoms with Crippen molar-refractivity contribution in [2.24, 2.45) is 5.73 Å². The molecule has 0 bridgehead atoms. The molecule has 1 aliphatic rings. The third-order valence-electron chi connectivity index (χ3n) is 3.26. The minimum atomic E-state index is 0.0629. The van der Waals surface area contributed by atoms with Gasteiger partial charge in [0.1, 0.15) is 0 Å². The normalized spacial score (nSPS) is 19.1. The summed E-state index contributed by atoms with van der Waals surface area (Å²) in [6.45, 7) is 2.32. The standard InChI is InChI=1S/C14H21N3O/c15-8-4-5-9-17-11-13(16-14(17)18)10-12-6-2-1-3-7-12/h1-3,6-7,13H,4-5,8-11,15H2,(H,16,18). The average molecular weight is 247 g/mol. The van der Waals surface area contributed by atoms with Crippen molar-refractivity contribution in [3.05, 3.63) is 35.9 Å². The molecular weight excluding hydrogens is 226 g/mol. The number of carbonyl (C=O) groups excluding carboxylic acids is 1. The van der Waals surface area contributed by atoms with E-state index in [0.717, 1.165) is 32.4 Å². The topological polar surface area (TPSA) is 58.4 Å². The van der Waals surface area contributed by atoms with E-state index in [2.05, 4.69) is 17.4 Å². The van der Waals surface area contributed by atoms with Gasteiger partial charge in [-0.15, -0.1) is 0 Å². The highest BCUT2D eigenvalue weighted by Gasteiger charge is 2.27. The van der Waals surface area contributed by atoms with Crippen molar-refractivity contribution >= 4 is 6.03 Å². The van der Waals surface area contributed by atoms with Crippen LogP contribution in [0.2, 0.25) is 0 Å². The molecule has 0 aliphatic carbocycles. The fraction of sp³-hybridized carbons (Fsp3) is 0.500. The summed E-state index contributed by atoms with van der Waals surface area (Å²) in [6, 6.07) is 10.6. The lowest BCUT2D eigenvalue weighted by Gasteiger charge is -2.14. The van der Waals surface area contributed by atoms with Gasteiger partial charge in [0, 0.05) is 13.1 Å². The van der Waals surface area contributed by atoms with Crippen LogP contribution in [-0.4, -0.2) is 36.6 Å². The van der Waals surface area contributed by atoms with Crippen LogP contribution in [0, 0.1) is 0 Å². The molecule has 4 heteroatoms. The molecular formula is C14H21N3O. The zero-order chi connectivity index (χ0) is 12.8. The van der Waals surface area contributed by atoms with Crippen molar-refractivity contribution < 1.29 is 4.79 Å². The molecule has 0 spiro atoms. The Hall–Kier alpha value is -1.55. The second-order valence-corrected chi connectivity index (χ2v) is 4.78. The Morgan fingerprint density at radius 1 is 1.28 bits per heavy atom. The first-order chi connectivity index (χ1) is 8.79. The summed E-state index contributed by atoms with van der Waals surface area (Å²) in [4.78, 5) is 13.6. The van der Waals surface area contributed by atoms with Crippen LogP contribution >= 0.6 is 0 Å². The quantitative estimate of drug-likeness (QED) is 0.746. The van der Waals surface area contributed by atoms with Crippen molar-refractivity contribution in [3.63, 3.8) is 0 Å². The van der Waals surface area contributed by atoms with Crippen LogP contribution in [0.15, 0.2) is 30.3 Å². The molecule has 2 amide bonds. The van der Waals surface area contributed by atoms with Crippen LogP contribution in [0.5, 0.6) is 0 Å². The van der Waals surface area contributed by atoms with E-state index in [0.29, 0.717) is 6.54 Å². The van der Waals surface area contributed by atoms with E-state index in [1.54, 1.807) is 0 Å².